The minimum absolute atomic E-state index is 0.0855. The van der Waals surface area contributed by atoms with Gasteiger partial charge < -0.3 is 10.1 Å². The third kappa shape index (κ3) is 5.56. The van der Waals surface area contributed by atoms with Gasteiger partial charge in [-0.2, -0.15) is 0 Å². The summed E-state index contributed by atoms with van der Waals surface area (Å²) in [5.74, 6) is 0.185. The Morgan fingerprint density at radius 3 is 2.35 bits per heavy atom. The maximum Gasteiger partial charge on any atom is 0.326 e. The highest BCUT2D eigenvalue weighted by atomic mass is 16.5. The van der Waals surface area contributed by atoms with Crippen molar-refractivity contribution in [2.45, 2.75) is 63.8 Å². The standard InChI is InChI=1S/C21H32N2O3/c1-16(2)18-9-7-17(8-10-18)11-14-22-19(24)15-23-21(20(25)26-3)12-5-4-6-13-21/h7-10,16,23H,4-6,11-15H2,1-3H3,(H,22,24). The van der Waals surface area contributed by atoms with Crippen molar-refractivity contribution in [1.29, 1.82) is 0 Å². The summed E-state index contributed by atoms with van der Waals surface area (Å²) in [6.45, 7) is 5.08. The molecule has 0 bridgehead atoms. The zero-order chi connectivity index (χ0) is 19.0. The Morgan fingerprint density at radius 1 is 1.12 bits per heavy atom. The Labute approximate surface area is 156 Å². The molecule has 1 aromatic carbocycles. The first-order valence-corrected chi connectivity index (χ1v) is 9.66. The zero-order valence-electron chi connectivity index (χ0n) is 16.3. The lowest BCUT2D eigenvalue weighted by atomic mass is 9.81. The average Bonchev–Trinajstić information content (AvgIpc) is 2.67. The molecule has 1 aliphatic rings. The molecule has 0 unspecified atom stereocenters. The smallest absolute Gasteiger partial charge is 0.326 e. The number of ether oxygens (including phenoxy) is 1. The van der Waals surface area contributed by atoms with Gasteiger partial charge in [-0.1, -0.05) is 57.4 Å². The van der Waals surface area contributed by atoms with Crippen LogP contribution in [0.3, 0.4) is 0 Å². The van der Waals surface area contributed by atoms with Gasteiger partial charge in [-0.25, -0.2) is 0 Å². The Bertz CT molecular complexity index is 590. The van der Waals surface area contributed by atoms with Crippen molar-refractivity contribution in [3.8, 4) is 0 Å². The van der Waals surface area contributed by atoms with Crippen molar-refractivity contribution in [3.05, 3.63) is 35.4 Å². The second-order valence-corrected chi connectivity index (χ2v) is 7.48. The fourth-order valence-corrected chi connectivity index (χ4v) is 3.53. The van der Waals surface area contributed by atoms with Gasteiger partial charge in [0, 0.05) is 6.54 Å². The molecule has 0 aliphatic heterocycles. The first kappa shape index (κ1) is 20.4. The Hall–Kier alpha value is -1.88. The quantitative estimate of drug-likeness (QED) is 0.700. The first-order chi connectivity index (χ1) is 12.5. The first-order valence-electron chi connectivity index (χ1n) is 9.66. The number of carbonyl (C=O) groups excluding carboxylic acids is 2. The van der Waals surface area contributed by atoms with Crippen LogP contribution < -0.4 is 10.6 Å². The summed E-state index contributed by atoms with van der Waals surface area (Å²) in [4.78, 5) is 24.3. The van der Waals surface area contributed by atoms with Crippen LogP contribution in [0.2, 0.25) is 0 Å². The van der Waals surface area contributed by atoms with Crippen LogP contribution in [0.1, 0.15) is 63.0 Å². The summed E-state index contributed by atoms with van der Waals surface area (Å²) in [6.07, 6.45) is 5.35. The minimum atomic E-state index is -0.697. The number of amides is 1. The fourth-order valence-electron chi connectivity index (χ4n) is 3.53. The molecule has 5 heteroatoms. The number of methoxy groups -OCH3 is 1. The van der Waals surface area contributed by atoms with E-state index < -0.39 is 5.54 Å². The zero-order valence-corrected chi connectivity index (χ0v) is 16.3. The number of benzene rings is 1. The molecular formula is C21H32N2O3. The van der Waals surface area contributed by atoms with E-state index in [0.717, 1.165) is 38.5 Å². The number of rotatable bonds is 8. The van der Waals surface area contributed by atoms with Gasteiger partial charge in [0.2, 0.25) is 5.91 Å². The summed E-state index contributed by atoms with van der Waals surface area (Å²) >= 11 is 0. The fraction of sp³-hybridized carbons (Fsp3) is 0.619. The van der Waals surface area contributed by atoms with Gasteiger partial charge >= 0.3 is 5.97 Å². The van der Waals surface area contributed by atoms with Gasteiger partial charge in [0.25, 0.3) is 0 Å². The van der Waals surface area contributed by atoms with Crippen molar-refractivity contribution < 1.29 is 14.3 Å². The van der Waals surface area contributed by atoms with E-state index in [9.17, 15) is 9.59 Å². The van der Waals surface area contributed by atoms with Crippen molar-refractivity contribution >= 4 is 11.9 Å². The topological polar surface area (TPSA) is 67.4 Å². The van der Waals surface area contributed by atoms with E-state index >= 15 is 0 Å². The highest BCUT2D eigenvalue weighted by molar-refractivity contribution is 5.83. The van der Waals surface area contributed by atoms with Crippen molar-refractivity contribution in [2.24, 2.45) is 0 Å². The lowest BCUT2D eigenvalue weighted by Crippen LogP contribution is -2.56. The molecule has 0 heterocycles. The Morgan fingerprint density at radius 2 is 1.77 bits per heavy atom. The molecule has 1 fully saturated rings. The van der Waals surface area contributed by atoms with Crippen LogP contribution in [0.5, 0.6) is 0 Å². The van der Waals surface area contributed by atoms with E-state index in [0.29, 0.717) is 12.5 Å². The number of nitrogens with one attached hydrogen (secondary N) is 2. The molecule has 0 atom stereocenters. The van der Waals surface area contributed by atoms with E-state index in [4.69, 9.17) is 4.74 Å². The molecule has 1 saturated carbocycles. The van der Waals surface area contributed by atoms with Crippen molar-refractivity contribution in [2.75, 3.05) is 20.2 Å². The van der Waals surface area contributed by atoms with Crippen LogP contribution in [0.4, 0.5) is 0 Å². The predicted molar refractivity (Wildman–Crippen MR) is 103 cm³/mol. The third-order valence-corrected chi connectivity index (χ3v) is 5.25. The van der Waals surface area contributed by atoms with Gasteiger partial charge in [0.05, 0.1) is 13.7 Å². The molecule has 0 aromatic heterocycles. The maximum absolute atomic E-state index is 12.2. The van der Waals surface area contributed by atoms with Gasteiger partial charge in [-0.15, -0.1) is 0 Å². The van der Waals surface area contributed by atoms with Gasteiger partial charge in [-0.3, -0.25) is 14.9 Å². The van der Waals surface area contributed by atoms with Crippen LogP contribution in [-0.4, -0.2) is 37.6 Å². The number of hydrogen-bond acceptors (Lipinski definition) is 4. The summed E-state index contributed by atoms with van der Waals surface area (Å²) in [5.41, 5.74) is 1.83. The van der Waals surface area contributed by atoms with E-state index in [1.807, 2.05) is 0 Å². The monoisotopic (exact) mass is 360 g/mol. The molecule has 0 radical (unpaired) electrons. The summed E-state index contributed by atoms with van der Waals surface area (Å²) in [7, 11) is 1.41. The molecule has 2 N–H and O–H groups in total. The second-order valence-electron chi connectivity index (χ2n) is 7.48. The molecule has 2 rings (SSSR count). The molecule has 1 amide bonds. The highest BCUT2D eigenvalue weighted by Gasteiger charge is 2.40. The largest absolute Gasteiger partial charge is 0.468 e. The van der Waals surface area contributed by atoms with Crippen LogP contribution in [-0.2, 0) is 20.7 Å². The summed E-state index contributed by atoms with van der Waals surface area (Å²) in [6, 6.07) is 8.53. The molecule has 26 heavy (non-hydrogen) atoms. The van der Waals surface area contributed by atoms with Gasteiger partial charge in [0.15, 0.2) is 0 Å². The Kier molecular flexibility index (Phi) is 7.64. The molecule has 0 spiro atoms. The lowest BCUT2D eigenvalue weighted by Gasteiger charge is -2.35. The average molecular weight is 360 g/mol. The van der Waals surface area contributed by atoms with Gasteiger partial charge in [-0.05, 0) is 36.3 Å². The second kappa shape index (κ2) is 9.72. The summed E-state index contributed by atoms with van der Waals surface area (Å²) in [5, 5.41) is 6.10. The van der Waals surface area contributed by atoms with Crippen LogP contribution in [0.15, 0.2) is 24.3 Å². The van der Waals surface area contributed by atoms with E-state index in [-0.39, 0.29) is 18.4 Å². The summed E-state index contributed by atoms with van der Waals surface area (Å²) < 4.78 is 4.96. The molecule has 0 saturated heterocycles. The minimum Gasteiger partial charge on any atom is -0.468 e. The number of carbonyl (C=O) groups is 2. The van der Waals surface area contributed by atoms with Crippen molar-refractivity contribution in [3.63, 3.8) is 0 Å². The molecule has 144 valence electrons. The van der Waals surface area contributed by atoms with Crippen molar-refractivity contribution in [1.82, 2.24) is 10.6 Å². The molecule has 5 nitrogen and oxygen atoms in total. The Balaban J connectivity index is 1.76. The van der Waals surface area contributed by atoms with Gasteiger partial charge in [0.1, 0.15) is 5.54 Å². The van der Waals surface area contributed by atoms with Crippen LogP contribution >= 0.6 is 0 Å². The molecule has 1 aliphatic carbocycles. The van der Waals surface area contributed by atoms with E-state index in [1.54, 1.807) is 0 Å². The van der Waals surface area contributed by atoms with Crippen LogP contribution in [0.25, 0.3) is 0 Å². The normalized spacial score (nSPS) is 16.3. The van der Waals surface area contributed by atoms with Crippen LogP contribution in [0, 0.1) is 0 Å². The number of esters is 1. The SMILES string of the molecule is COC(=O)C1(NCC(=O)NCCc2ccc(C(C)C)cc2)CCCCC1. The van der Waals surface area contributed by atoms with E-state index in [2.05, 4.69) is 48.7 Å². The molecular weight excluding hydrogens is 328 g/mol. The number of hydrogen-bond donors (Lipinski definition) is 2. The highest BCUT2D eigenvalue weighted by Crippen LogP contribution is 2.29. The lowest BCUT2D eigenvalue weighted by molar-refractivity contribution is -0.150. The molecule has 1 aromatic rings. The van der Waals surface area contributed by atoms with E-state index in [1.165, 1.54) is 18.2 Å². The predicted octanol–water partition coefficient (Wildman–Crippen LogP) is 2.93. The third-order valence-electron chi connectivity index (χ3n) is 5.25. The maximum atomic E-state index is 12.2.